The highest BCUT2D eigenvalue weighted by Crippen LogP contribution is 2.29. The fourth-order valence-electron chi connectivity index (χ4n) is 2.74. The second-order valence-electron chi connectivity index (χ2n) is 6.16. The number of sulfonamides is 1. The number of nitriles is 1. The van der Waals surface area contributed by atoms with Gasteiger partial charge in [0.15, 0.2) is 0 Å². The topological polar surface area (TPSA) is 122 Å². The van der Waals surface area contributed by atoms with Gasteiger partial charge in [-0.1, -0.05) is 0 Å². The molecule has 0 aliphatic rings. The molecule has 2 aromatic rings. The van der Waals surface area contributed by atoms with E-state index in [-0.39, 0.29) is 19.5 Å². The van der Waals surface area contributed by atoms with Gasteiger partial charge >= 0.3 is 11.9 Å². The van der Waals surface area contributed by atoms with Crippen molar-refractivity contribution in [3.63, 3.8) is 0 Å². The Bertz CT molecular complexity index is 1340. The summed E-state index contributed by atoms with van der Waals surface area (Å²) in [5.41, 5.74) is -6.95. The molecule has 0 atom stereocenters. The normalized spacial score (nSPS) is 11.8. The molecule has 1 aromatic carbocycles. The summed E-state index contributed by atoms with van der Waals surface area (Å²) in [6.45, 7) is 2.04. The molecule has 2 rings (SSSR count). The Balaban J connectivity index is 2.98. The first kappa shape index (κ1) is 23.8. The summed E-state index contributed by atoms with van der Waals surface area (Å²) >= 11 is 0. The van der Waals surface area contributed by atoms with Crippen LogP contribution in [0.1, 0.15) is 25.1 Å². The summed E-state index contributed by atoms with van der Waals surface area (Å²) in [5.74, 6) is -3.05. The number of carbonyl (C=O) groups is 1. The van der Waals surface area contributed by atoms with Crippen LogP contribution in [0, 0.1) is 17.1 Å². The standard InChI is InChI=1S/C17H14F4N4O5S/c1-4-31(29,30)25(9(2)26)12-6-13(11(18)5-10(12)8-22)24-15(27)7-14(17(19,20)21)23(3)16(24)28/h5-7H,4H2,1-3H3. The summed E-state index contributed by atoms with van der Waals surface area (Å²) in [6, 6.07) is 2.59. The van der Waals surface area contributed by atoms with E-state index in [1.165, 1.54) is 13.0 Å². The van der Waals surface area contributed by atoms with Crippen LogP contribution in [0.2, 0.25) is 0 Å². The summed E-state index contributed by atoms with van der Waals surface area (Å²) < 4.78 is 78.6. The van der Waals surface area contributed by atoms with E-state index >= 15 is 0 Å². The number of amides is 1. The molecule has 14 heteroatoms. The molecule has 9 nitrogen and oxygen atoms in total. The molecule has 0 unspecified atom stereocenters. The van der Waals surface area contributed by atoms with Crippen molar-refractivity contribution < 1.29 is 30.8 Å². The number of hydrogen-bond donors (Lipinski definition) is 0. The molecule has 1 heterocycles. The van der Waals surface area contributed by atoms with Crippen LogP contribution in [0.4, 0.5) is 23.2 Å². The average molecular weight is 462 g/mol. The van der Waals surface area contributed by atoms with Gasteiger partial charge in [0, 0.05) is 20.0 Å². The maximum Gasteiger partial charge on any atom is 0.431 e. The molecule has 31 heavy (non-hydrogen) atoms. The van der Waals surface area contributed by atoms with E-state index in [1.54, 1.807) is 0 Å². The highest BCUT2D eigenvalue weighted by Gasteiger charge is 2.35. The predicted molar refractivity (Wildman–Crippen MR) is 99.6 cm³/mol. The second-order valence-corrected chi connectivity index (χ2v) is 8.27. The molecule has 1 aromatic heterocycles. The Hall–Kier alpha value is -3.47. The van der Waals surface area contributed by atoms with Crippen LogP contribution in [0.15, 0.2) is 27.8 Å². The first-order chi connectivity index (χ1) is 14.2. The van der Waals surface area contributed by atoms with E-state index in [2.05, 4.69) is 0 Å². The number of anilines is 1. The number of benzene rings is 1. The second kappa shape index (κ2) is 7.99. The maximum atomic E-state index is 14.6. The van der Waals surface area contributed by atoms with Gasteiger partial charge in [-0.2, -0.15) is 18.4 Å². The molecule has 0 fully saturated rings. The first-order valence-corrected chi connectivity index (χ1v) is 9.96. The molecule has 0 bridgehead atoms. The van der Waals surface area contributed by atoms with Gasteiger partial charge < -0.3 is 0 Å². The Labute approximate surface area is 172 Å². The number of aromatic nitrogens is 2. The van der Waals surface area contributed by atoms with Gasteiger partial charge in [-0.3, -0.25) is 14.2 Å². The molecule has 0 aliphatic carbocycles. The number of rotatable bonds is 4. The van der Waals surface area contributed by atoms with Gasteiger partial charge in [0.25, 0.3) is 5.56 Å². The first-order valence-electron chi connectivity index (χ1n) is 8.35. The van der Waals surface area contributed by atoms with Crippen molar-refractivity contribution >= 4 is 21.6 Å². The summed E-state index contributed by atoms with van der Waals surface area (Å²) in [7, 11) is -3.62. The molecular formula is C17H14F4N4O5S. The summed E-state index contributed by atoms with van der Waals surface area (Å²) in [4.78, 5) is 36.7. The summed E-state index contributed by atoms with van der Waals surface area (Å²) in [6.07, 6.45) is -5.05. The lowest BCUT2D eigenvalue weighted by molar-refractivity contribution is -0.144. The van der Waals surface area contributed by atoms with Crippen LogP contribution in [-0.4, -0.2) is 29.2 Å². The number of halogens is 4. The third kappa shape index (κ3) is 4.22. The minimum atomic E-state index is -5.05. The smallest absolute Gasteiger partial charge is 0.292 e. The molecule has 0 aliphatic heterocycles. The SMILES string of the molecule is CCS(=O)(=O)N(C(C)=O)c1cc(-n2c(=O)cc(C(F)(F)F)n(C)c2=O)c(F)cc1C#N. The fraction of sp³-hybridized carbons (Fsp3) is 0.294. The number of carbonyl (C=O) groups excluding carboxylic acids is 1. The Morgan fingerprint density at radius 1 is 1.23 bits per heavy atom. The lowest BCUT2D eigenvalue weighted by Gasteiger charge is -2.22. The zero-order valence-electron chi connectivity index (χ0n) is 16.2. The van der Waals surface area contributed by atoms with E-state index < -0.39 is 67.6 Å². The van der Waals surface area contributed by atoms with Gasteiger partial charge in [0.2, 0.25) is 15.9 Å². The molecule has 0 saturated heterocycles. The van der Waals surface area contributed by atoms with Crippen molar-refractivity contribution in [2.45, 2.75) is 20.0 Å². The van der Waals surface area contributed by atoms with Crippen LogP contribution < -0.4 is 15.6 Å². The van der Waals surface area contributed by atoms with Crippen LogP contribution in [0.3, 0.4) is 0 Å². The minimum absolute atomic E-state index is 0.0338. The molecule has 0 N–H and O–H groups in total. The van der Waals surface area contributed by atoms with Crippen LogP contribution >= 0.6 is 0 Å². The van der Waals surface area contributed by atoms with Gasteiger partial charge in [-0.25, -0.2) is 26.5 Å². The fourth-order valence-corrected chi connectivity index (χ4v) is 3.84. The van der Waals surface area contributed by atoms with Crippen molar-refractivity contribution in [3.8, 4) is 11.8 Å². The third-order valence-corrected chi connectivity index (χ3v) is 5.92. The molecule has 1 amide bonds. The Kier molecular flexibility index (Phi) is 6.13. The third-order valence-electron chi connectivity index (χ3n) is 4.18. The van der Waals surface area contributed by atoms with E-state index in [0.717, 1.165) is 6.92 Å². The van der Waals surface area contributed by atoms with Crippen LogP contribution in [0.5, 0.6) is 0 Å². The monoisotopic (exact) mass is 462 g/mol. The van der Waals surface area contributed by atoms with Crippen LogP contribution in [-0.2, 0) is 28.0 Å². The van der Waals surface area contributed by atoms with Crippen molar-refractivity contribution in [1.29, 1.82) is 5.26 Å². The minimum Gasteiger partial charge on any atom is -0.292 e. The quantitative estimate of drug-likeness (QED) is 0.631. The van der Waals surface area contributed by atoms with E-state index in [4.69, 9.17) is 0 Å². The molecule has 0 spiro atoms. The van der Waals surface area contributed by atoms with Crippen LogP contribution in [0.25, 0.3) is 5.69 Å². The highest BCUT2D eigenvalue weighted by molar-refractivity contribution is 7.93. The van der Waals surface area contributed by atoms with E-state index in [9.17, 15) is 45.6 Å². The van der Waals surface area contributed by atoms with Gasteiger partial charge in [0.05, 0.1) is 22.7 Å². The number of hydrogen-bond acceptors (Lipinski definition) is 6. The largest absolute Gasteiger partial charge is 0.431 e. The summed E-state index contributed by atoms with van der Waals surface area (Å²) in [5, 5.41) is 9.24. The van der Waals surface area contributed by atoms with Crippen molar-refractivity contribution in [2.75, 3.05) is 10.1 Å². The van der Waals surface area contributed by atoms with Crippen molar-refractivity contribution in [1.82, 2.24) is 9.13 Å². The Morgan fingerprint density at radius 3 is 2.26 bits per heavy atom. The van der Waals surface area contributed by atoms with E-state index in [0.29, 0.717) is 19.2 Å². The molecule has 0 saturated carbocycles. The van der Waals surface area contributed by atoms with Gasteiger partial charge in [-0.15, -0.1) is 0 Å². The van der Waals surface area contributed by atoms with Crippen molar-refractivity contribution in [2.24, 2.45) is 7.05 Å². The van der Waals surface area contributed by atoms with Crippen molar-refractivity contribution in [3.05, 3.63) is 56.1 Å². The van der Waals surface area contributed by atoms with Gasteiger partial charge in [-0.05, 0) is 19.1 Å². The van der Waals surface area contributed by atoms with E-state index in [1.807, 2.05) is 0 Å². The lowest BCUT2D eigenvalue weighted by atomic mass is 10.1. The molecule has 166 valence electrons. The maximum absolute atomic E-state index is 14.6. The van der Waals surface area contributed by atoms with Gasteiger partial charge in [0.1, 0.15) is 17.6 Å². The molecule has 0 radical (unpaired) electrons. The lowest BCUT2D eigenvalue weighted by Crippen LogP contribution is -2.41. The molecular weight excluding hydrogens is 448 g/mol. The number of alkyl halides is 3. The average Bonchev–Trinajstić information content (AvgIpc) is 2.65. The Morgan fingerprint density at radius 2 is 1.81 bits per heavy atom. The zero-order valence-corrected chi connectivity index (χ0v) is 17.0. The number of nitrogens with zero attached hydrogens (tertiary/aromatic N) is 4. The highest BCUT2D eigenvalue weighted by atomic mass is 32.2. The predicted octanol–water partition coefficient (Wildman–Crippen LogP) is 1.27. The zero-order chi connectivity index (χ0) is 23.9.